The van der Waals surface area contributed by atoms with E-state index in [0.29, 0.717) is 22.8 Å². The Morgan fingerprint density at radius 1 is 1.34 bits per heavy atom. The second-order valence-corrected chi connectivity index (χ2v) is 7.50. The van der Waals surface area contributed by atoms with Crippen LogP contribution in [0.1, 0.15) is 30.6 Å². The molecule has 9 nitrogen and oxygen atoms in total. The molecule has 0 aliphatic carbocycles. The van der Waals surface area contributed by atoms with Crippen molar-refractivity contribution in [3.63, 3.8) is 0 Å². The second kappa shape index (κ2) is 10.2. The molecule has 1 aromatic heterocycles. The normalized spacial score (nSPS) is 11.4. The van der Waals surface area contributed by atoms with E-state index in [1.807, 2.05) is 26.0 Å². The van der Waals surface area contributed by atoms with Gasteiger partial charge < -0.3 is 22.1 Å². The monoisotopic (exact) mass is 413 g/mol. The number of guanidine groups is 1. The summed E-state index contributed by atoms with van der Waals surface area (Å²) < 4.78 is 0. The molecule has 0 radical (unpaired) electrons. The smallest absolute Gasteiger partial charge is 0.251 e. The van der Waals surface area contributed by atoms with Gasteiger partial charge in [0.15, 0.2) is 5.96 Å². The number of rotatable bonds is 8. The van der Waals surface area contributed by atoms with Crippen molar-refractivity contribution in [2.75, 3.05) is 6.54 Å². The lowest BCUT2D eigenvalue weighted by Gasteiger charge is -2.19. The molecule has 0 saturated carbocycles. The molecular formula is C19H23N7O2S. The van der Waals surface area contributed by atoms with Crippen molar-refractivity contribution in [2.45, 2.75) is 26.3 Å². The van der Waals surface area contributed by atoms with E-state index in [0.717, 1.165) is 5.56 Å². The van der Waals surface area contributed by atoms with Gasteiger partial charge in [-0.15, -0.1) is 11.3 Å². The van der Waals surface area contributed by atoms with Gasteiger partial charge in [-0.2, -0.15) is 10.3 Å². The van der Waals surface area contributed by atoms with Crippen LogP contribution in [0.2, 0.25) is 0 Å². The largest absolute Gasteiger partial charge is 0.370 e. The first-order valence-corrected chi connectivity index (χ1v) is 9.79. The molecule has 1 heterocycles. The van der Waals surface area contributed by atoms with Crippen molar-refractivity contribution >= 4 is 34.2 Å². The Hall–Kier alpha value is -3.45. The SMILES string of the molecule is CC(C)CC(NC(=O)c1cccc(-c2csc(N=C(N)N)n2)c1)C(=O)NCC#N. The lowest BCUT2D eigenvalue weighted by atomic mass is 10.0. The molecule has 0 saturated heterocycles. The number of nitrogens with one attached hydrogen (secondary N) is 2. The molecule has 10 heteroatoms. The second-order valence-electron chi connectivity index (χ2n) is 6.66. The van der Waals surface area contributed by atoms with E-state index in [1.54, 1.807) is 23.6 Å². The van der Waals surface area contributed by atoms with E-state index in [1.165, 1.54) is 11.3 Å². The highest BCUT2D eigenvalue weighted by atomic mass is 32.1. The molecule has 0 bridgehead atoms. The maximum absolute atomic E-state index is 12.7. The molecular weight excluding hydrogens is 390 g/mol. The molecule has 0 aliphatic rings. The fourth-order valence-electron chi connectivity index (χ4n) is 2.57. The standard InChI is InChI=1S/C19H23N7O2S/c1-11(2)8-14(17(28)23-7-6-20)24-16(27)13-5-3-4-12(9-13)15-10-29-19(25-15)26-18(21)22/h3-5,9-11,14H,7-8H2,1-2H3,(H,23,28)(H,24,27)(H4,21,22,25,26). The summed E-state index contributed by atoms with van der Waals surface area (Å²) in [5.74, 6) is -0.663. The summed E-state index contributed by atoms with van der Waals surface area (Å²) in [6.45, 7) is 3.79. The zero-order valence-corrected chi connectivity index (χ0v) is 17.0. The van der Waals surface area contributed by atoms with E-state index in [-0.39, 0.29) is 30.2 Å². The van der Waals surface area contributed by atoms with Gasteiger partial charge in [0, 0.05) is 16.5 Å². The lowest BCUT2D eigenvalue weighted by Crippen LogP contribution is -2.47. The maximum Gasteiger partial charge on any atom is 0.251 e. The summed E-state index contributed by atoms with van der Waals surface area (Å²) in [5, 5.41) is 16.1. The minimum absolute atomic E-state index is 0.0788. The van der Waals surface area contributed by atoms with Crippen LogP contribution in [0, 0.1) is 17.2 Å². The summed E-state index contributed by atoms with van der Waals surface area (Å²) in [4.78, 5) is 33.2. The molecule has 2 amide bonds. The molecule has 6 N–H and O–H groups in total. The third kappa shape index (κ3) is 6.58. The molecule has 2 rings (SSSR count). The molecule has 1 unspecified atom stereocenters. The number of carbonyl (C=O) groups is 2. The van der Waals surface area contributed by atoms with E-state index in [9.17, 15) is 9.59 Å². The van der Waals surface area contributed by atoms with Crippen molar-refractivity contribution in [1.82, 2.24) is 15.6 Å². The van der Waals surface area contributed by atoms with Crippen molar-refractivity contribution < 1.29 is 9.59 Å². The Bertz CT molecular complexity index is 942. The topological polar surface area (TPSA) is 159 Å². The number of hydrogen-bond acceptors (Lipinski definition) is 6. The van der Waals surface area contributed by atoms with E-state index in [2.05, 4.69) is 20.6 Å². The average molecular weight is 414 g/mol. The van der Waals surface area contributed by atoms with Gasteiger partial charge in [-0.25, -0.2) is 4.98 Å². The summed E-state index contributed by atoms with van der Waals surface area (Å²) in [5.41, 5.74) is 12.5. The van der Waals surface area contributed by atoms with Crippen LogP contribution >= 0.6 is 11.3 Å². The van der Waals surface area contributed by atoms with E-state index >= 15 is 0 Å². The van der Waals surface area contributed by atoms with Crippen LogP contribution < -0.4 is 22.1 Å². The van der Waals surface area contributed by atoms with Crippen molar-refractivity contribution in [2.24, 2.45) is 22.4 Å². The van der Waals surface area contributed by atoms with Gasteiger partial charge in [0.2, 0.25) is 11.0 Å². The Kier molecular flexibility index (Phi) is 7.68. The highest BCUT2D eigenvalue weighted by molar-refractivity contribution is 7.13. The number of thiazole rings is 1. The number of nitriles is 1. The van der Waals surface area contributed by atoms with Crippen molar-refractivity contribution in [3.05, 3.63) is 35.2 Å². The van der Waals surface area contributed by atoms with Gasteiger partial charge >= 0.3 is 0 Å². The molecule has 0 aliphatic heterocycles. The number of carbonyl (C=O) groups excluding carboxylic acids is 2. The summed E-state index contributed by atoms with van der Waals surface area (Å²) in [6, 6.07) is 8.01. The zero-order valence-electron chi connectivity index (χ0n) is 16.2. The number of aromatic nitrogens is 1. The van der Waals surface area contributed by atoms with Crippen LogP contribution in [0.3, 0.4) is 0 Å². The van der Waals surface area contributed by atoms with Gasteiger partial charge in [0.05, 0.1) is 11.8 Å². The Labute approximate surface area is 172 Å². The average Bonchev–Trinajstić information content (AvgIpc) is 3.13. The first-order valence-electron chi connectivity index (χ1n) is 8.91. The number of amides is 2. The number of nitrogens with two attached hydrogens (primary N) is 2. The maximum atomic E-state index is 12.7. The van der Waals surface area contributed by atoms with Crippen LogP contribution in [-0.4, -0.2) is 35.3 Å². The molecule has 0 spiro atoms. The Balaban J connectivity index is 2.18. The van der Waals surface area contributed by atoms with Crippen LogP contribution in [0.5, 0.6) is 0 Å². The predicted octanol–water partition coefficient (Wildman–Crippen LogP) is 1.50. The third-order valence-electron chi connectivity index (χ3n) is 3.81. The molecule has 1 aromatic carbocycles. The van der Waals surface area contributed by atoms with E-state index < -0.39 is 6.04 Å². The summed E-state index contributed by atoms with van der Waals surface area (Å²) >= 11 is 1.28. The van der Waals surface area contributed by atoms with Gasteiger partial charge in [-0.3, -0.25) is 9.59 Å². The van der Waals surface area contributed by atoms with Crippen LogP contribution in [0.15, 0.2) is 34.6 Å². The minimum atomic E-state index is -0.729. The summed E-state index contributed by atoms with van der Waals surface area (Å²) in [6.07, 6.45) is 0.455. The summed E-state index contributed by atoms with van der Waals surface area (Å²) in [7, 11) is 0. The highest BCUT2D eigenvalue weighted by Crippen LogP contribution is 2.27. The van der Waals surface area contributed by atoms with Gasteiger partial charge in [-0.05, 0) is 24.5 Å². The molecule has 152 valence electrons. The zero-order chi connectivity index (χ0) is 21.4. The highest BCUT2D eigenvalue weighted by Gasteiger charge is 2.22. The molecule has 2 aromatic rings. The first-order chi connectivity index (χ1) is 13.8. The van der Waals surface area contributed by atoms with Gasteiger partial charge in [-0.1, -0.05) is 26.0 Å². The van der Waals surface area contributed by atoms with Crippen LogP contribution in [-0.2, 0) is 4.79 Å². The predicted molar refractivity (Wildman–Crippen MR) is 112 cm³/mol. The molecule has 29 heavy (non-hydrogen) atoms. The third-order valence-corrected chi connectivity index (χ3v) is 4.54. The van der Waals surface area contributed by atoms with Crippen molar-refractivity contribution in [1.29, 1.82) is 5.26 Å². The van der Waals surface area contributed by atoms with Crippen LogP contribution in [0.4, 0.5) is 5.13 Å². The van der Waals surface area contributed by atoms with Gasteiger partial charge in [0.1, 0.15) is 12.6 Å². The fourth-order valence-corrected chi connectivity index (χ4v) is 3.29. The lowest BCUT2D eigenvalue weighted by molar-refractivity contribution is -0.123. The number of hydrogen-bond donors (Lipinski definition) is 4. The van der Waals surface area contributed by atoms with Gasteiger partial charge in [0.25, 0.3) is 5.91 Å². The first kappa shape index (κ1) is 21.8. The fraction of sp³-hybridized carbons (Fsp3) is 0.316. The van der Waals surface area contributed by atoms with E-state index in [4.69, 9.17) is 16.7 Å². The Morgan fingerprint density at radius 2 is 2.10 bits per heavy atom. The molecule has 1 atom stereocenters. The molecule has 0 fully saturated rings. The Morgan fingerprint density at radius 3 is 2.76 bits per heavy atom. The number of aliphatic imine (C=N–C) groups is 1. The van der Waals surface area contributed by atoms with Crippen LogP contribution in [0.25, 0.3) is 11.3 Å². The quantitative estimate of drug-likeness (QED) is 0.291. The minimum Gasteiger partial charge on any atom is -0.370 e. The number of nitrogens with zero attached hydrogens (tertiary/aromatic N) is 3. The number of benzene rings is 1. The van der Waals surface area contributed by atoms with Crippen molar-refractivity contribution in [3.8, 4) is 17.3 Å².